The number of hydrogen-bond acceptors (Lipinski definition) is 3. The van der Waals surface area contributed by atoms with E-state index in [1.54, 1.807) is 0 Å². The van der Waals surface area contributed by atoms with Crippen LogP contribution in [0.15, 0.2) is 0 Å². The van der Waals surface area contributed by atoms with Gasteiger partial charge in [0.1, 0.15) is 4.32 Å². The van der Waals surface area contributed by atoms with E-state index in [1.165, 1.54) is 0 Å². The van der Waals surface area contributed by atoms with Gasteiger partial charge in [-0.15, -0.1) is 0 Å². The van der Waals surface area contributed by atoms with Gasteiger partial charge in [0.05, 0.1) is 5.92 Å². The van der Waals surface area contributed by atoms with E-state index in [2.05, 4.69) is 36.6 Å². The minimum atomic E-state index is -0.803. The molecule has 5 heteroatoms. The minimum absolute atomic E-state index is 0.00213. The van der Waals surface area contributed by atoms with E-state index in [0.717, 1.165) is 19.3 Å². The van der Waals surface area contributed by atoms with Crippen molar-refractivity contribution < 1.29 is 14.3 Å². The minimum Gasteiger partial charge on any atom is -0.392 e. The third-order valence-electron chi connectivity index (χ3n) is 2.70. The smallest absolute Gasteiger partial charge is 0.332 e. The molecule has 0 aromatic rings. The molecular formula is C8H8Br2O3. The fourth-order valence-electron chi connectivity index (χ4n) is 1.94. The van der Waals surface area contributed by atoms with Gasteiger partial charge in [0.15, 0.2) is 0 Å². The van der Waals surface area contributed by atoms with Gasteiger partial charge < -0.3 is 4.74 Å². The first-order valence-corrected chi connectivity index (χ1v) is 5.86. The lowest BCUT2D eigenvalue weighted by Crippen LogP contribution is -2.46. The molecule has 0 radical (unpaired) electrons. The van der Waals surface area contributed by atoms with Gasteiger partial charge in [-0.1, -0.05) is 38.3 Å². The molecule has 0 bridgehead atoms. The summed E-state index contributed by atoms with van der Waals surface area (Å²) < 4.78 is 3.82. The van der Waals surface area contributed by atoms with Crippen molar-refractivity contribution in [3.63, 3.8) is 0 Å². The van der Waals surface area contributed by atoms with Crippen molar-refractivity contribution in [2.24, 2.45) is 5.92 Å². The molecule has 2 fully saturated rings. The summed E-state index contributed by atoms with van der Waals surface area (Å²) in [7, 11) is 0. The van der Waals surface area contributed by atoms with Crippen LogP contribution in [0.2, 0.25) is 0 Å². The fourth-order valence-corrected chi connectivity index (χ4v) is 3.50. The molecule has 0 aromatic carbocycles. The molecule has 0 amide bonds. The Balaban J connectivity index is 2.39. The predicted octanol–water partition coefficient (Wildman–Crippen LogP) is 1.77. The maximum Gasteiger partial charge on any atom is 0.332 e. The summed E-state index contributed by atoms with van der Waals surface area (Å²) in [5.74, 6) is -1.13. The van der Waals surface area contributed by atoms with Crippen molar-refractivity contribution >= 4 is 43.8 Å². The summed E-state index contributed by atoms with van der Waals surface area (Å²) in [6.07, 6.45) is 2.58. The van der Waals surface area contributed by atoms with Crippen molar-refractivity contribution in [3.8, 4) is 0 Å². The largest absolute Gasteiger partial charge is 0.392 e. The monoisotopic (exact) mass is 310 g/mol. The van der Waals surface area contributed by atoms with E-state index in [0.29, 0.717) is 0 Å². The summed E-state index contributed by atoms with van der Waals surface area (Å²) in [5.41, 5.74) is 0. The quantitative estimate of drug-likeness (QED) is 0.389. The van der Waals surface area contributed by atoms with Gasteiger partial charge in [0.25, 0.3) is 0 Å². The summed E-state index contributed by atoms with van der Waals surface area (Å²) >= 11 is 6.77. The highest BCUT2D eigenvalue weighted by atomic mass is 79.9. The molecule has 3 nitrogen and oxygen atoms in total. The van der Waals surface area contributed by atoms with Crippen molar-refractivity contribution in [1.82, 2.24) is 0 Å². The van der Waals surface area contributed by atoms with E-state index in [4.69, 9.17) is 0 Å². The van der Waals surface area contributed by atoms with E-state index in [-0.39, 0.29) is 16.7 Å². The average Bonchev–Trinajstić information content (AvgIpc) is 2.29. The second-order valence-electron chi connectivity index (χ2n) is 3.43. The van der Waals surface area contributed by atoms with E-state index in [9.17, 15) is 9.59 Å². The number of halogens is 2. The molecule has 0 spiro atoms. The molecular weight excluding hydrogens is 304 g/mol. The van der Waals surface area contributed by atoms with Crippen molar-refractivity contribution in [2.45, 2.75) is 28.4 Å². The number of ether oxygens (including phenoxy) is 1. The molecule has 3 atom stereocenters. The summed E-state index contributed by atoms with van der Waals surface area (Å²) in [4.78, 5) is 22.7. The molecule has 13 heavy (non-hydrogen) atoms. The van der Waals surface area contributed by atoms with Crippen LogP contribution < -0.4 is 0 Å². The normalized spacial score (nSPS) is 44.5. The first kappa shape index (κ1) is 9.65. The van der Waals surface area contributed by atoms with Crippen LogP contribution in [-0.4, -0.2) is 21.1 Å². The zero-order valence-electron chi connectivity index (χ0n) is 6.76. The Hall–Kier alpha value is 0.1000. The van der Waals surface area contributed by atoms with Crippen LogP contribution in [-0.2, 0) is 14.3 Å². The first-order chi connectivity index (χ1) is 6.06. The van der Waals surface area contributed by atoms with Crippen molar-refractivity contribution in [1.29, 1.82) is 0 Å². The number of alkyl halides is 2. The topological polar surface area (TPSA) is 43.4 Å². The highest BCUT2D eigenvalue weighted by Crippen LogP contribution is 2.49. The lowest BCUT2D eigenvalue weighted by atomic mass is 9.81. The number of hydrogen-bond donors (Lipinski definition) is 0. The Morgan fingerprint density at radius 2 is 2.08 bits per heavy atom. The molecule has 3 unspecified atom stereocenters. The van der Waals surface area contributed by atoms with Gasteiger partial charge in [-0.2, -0.15) is 0 Å². The molecule has 0 aromatic heterocycles. The molecule has 1 aliphatic carbocycles. The summed E-state index contributed by atoms with van der Waals surface area (Å²) in [5, 5.41) is 0. The Labute approximate surface area is 92.5 Å². The Morgan fingerprint density at radius 1 is 1.38 bits per heavy atom. The zero-order valence-corrected chi connectivity index (χ0v) is 9.93. The van der Waals surface area contributed by atoms with Crippen LogP contribution in [0.5, 0.6) is 0 Å². The molecule has 0 N–H and O–H groups in total. The first-order valence-electron chi connectivity index (χ1n) is 4.16. The van der Waals surface area contributed by atoms with Gasteiger partial charge in [-0.3, -0.25) is 4.79 Å². The number of carbonyl (C=O) groups is 2. The third-order valence-corrected chi connectivity index (χ3v) is 5.93. The van der Waals surface area contributed by atoms with Crippen LogP contribution in [0.1, 0.15) is 19.3 Å². The third kappa shape index (κ3) is 1.20. The Bertz CT molecular complexity index is 279. The average molecular weight is 312 g/mol. The Kier molecular flexibility index (Phi) is 2.27. The summed E-state index contributed by atoms with van der Waals surface area (Å²) in [6.45, 7) is 0. The maximum absolute atomic E-state index is 11.4. The van der Waals surface area contributed by atoms with E-state index >= 15 is 0 Å². The molecule has 1 heterocycles. The second-order valence-corrected chi connectivity index (χ2v) is 5.85. The summed E-state index contributed by atoms with van der Waals surface area (Å²) in [6, 6.07) is 0. The lowest BCUT2D eigenvalue weighted by Gasteiger charge is -2.32. The van der Waals surface area contributed by atoms with Crippen molar-refractivity contribution in [3.05, 3.63) is 0 Å². The molecule has 1 aliphatic heterocycles. The molecule has 2 rings (SSSR count). The van der Waals surface area contributed by atoms with Crippen LogP contribution in [0.25, 0.3) is 0 Å². The highest BCUT2D eigenvalue weighted by molar-refractivity contribution is 9.12. The molecule has 1 saturated heterocycles. The van der Waals surface area contributed by atoms with Crippen LogP contribution in [0, 0.1) is 5.92 Å². The lowest BCUT2D eigenvalue weighted by molar-refractivity contribution is -0.153. The maximum atomic E-state index is 11.4. The fraction of sp³-hybridized carbons (Fsp3) is 0.750. The molecule has 1 saturated carbocycles. The van der Waals surface area contributed by atoms with Gasteiger partial charge in [0.2, 0.25) is 0 Å². The van der Waals surface area contributed by atoms with Crippen LogP contribution in [0.4, 0.5) is 0 Å². The molecule has 2 aliphatic rings. The zero-order chi connectivity index (χ0) is 9.64. The number of esters is 2. The second kappa shape index (κ2) is 3.05. The number of fused-ring (bicyclic) bond motifs is 1. The highest BCUT2D eigenvalue weighted by Gasteiger charge is 2.61. The standard InChI is InChI=1S/C8H8Br2O3/c9-5-3-1-2-4-6(11)13-7(12)8(4,5)10/h4-5H,1-3H2. The van der Waals surface area contributed by atoms with E-state index < -0.39 is 10.3 Å². The molecule has 72 valence electrons. The number of rotatable bonds is 0. The van der Waals surface area contributed by atoms with Crippen molar-refractivity contribution in [2.75, 3.05) is 0 Å². The SMILES string of the molecule is O=C1OC(=O)C2(Br)C(Br)CCCC12. The van der Waals surface area contributed by atoms with Gasteiger partial charge in [0, 0.05) is 4.83 Å². The van der Waals surface area contributed by atoms with Gasteiger partial charge in [-0.25, -0.2) is 4.79 Å². The number of carbonyl (C=O) groups excluding carboxylic acids is 2. The van der Waals surface area contributed by atoms with Crippen LogP contribution in [0.3, 0.4) is 0 Å². The number of cyclic esters (lactones) is 2. The predicted molar refractivity (Wildman–Crippen MR) is 52.8 cm³/mol. The van der Waals surface area contributed by atoms with E-state index in [1.807, 2.05) is 0 Å². The Morgan fingerprint density at radius 3 is 2.69 bits per heavy atom. The van der Waals surface area contributed by atoms with Gasteiger partial charge in [-0.05, 0) is 12.8 Å². The van der Waals surface area contributed by atoms with Crippen LogP contribution >= 0.6 is 31.9 Å². The van der Waals surface area contributed by atoms with Gasteiger partial charge >= 0.3 is 11.9 Å².